The van der Waals surface area contributed by atoms with Crippen LogP contribution in [0.5, 0.6) is 5.75 Å². The SMILES string of the molecule is O=C(O)[C@@H]1CC(F)(F)CN1C(=O)c1cc(C2CC2)c(OCC23CC4CC(C2)C(C4)C3)cc1F. The topological polar surface area (TPSA) is 66.8 Å². The maximum atomic E-state index is 15.1. The molecule has 2 unspecified atom stereocenters. The Bertz CT molecular complexity index is 1000. The van der Waals surface area contributed by atoms with Gasteiger partial charge in [-0.1, -0.05) is 0 Å². The molecule has 1 heterocycles. The van der Waals surface area contributed by atoms with E-state index < -0.39 is 42.6 Å². The van der Waals surface area contributed by atoms with Crippen LogP contribution in [0.4, 0.5) is 13.2 Å². The van der Waals surface area contributed by atoms with Crippen LogP contribution in [0.3, 0.4) is 0 Å². The highest BCUT2D eigenvalue weighted by molar-refractivity contribution is 5.97. The lowest BCUT2D eigenvalue weighted by molar-refractivity contribution is -0.141. The Morgan fingerprint density at radius 1 is 1.09 bits per heavy atom. The largest absolute Gasteiger partial charge is 0.493 e. The minimum absolute atomic E-state index is 0.149. The first kappa shape index (κ1) is 21.3. The minimum Gasteiger partial charge on any atom is -0.493 e. The van der Waals surface area contributed by atoms with E-state index in [9.17, 15) is 23.5 Å². The molecule has 1 aliphatic heterocycles. The number of hydrogen-bond donors (Lipinski definition) is 1. The van der Waals surface area contributed by atoms with Gasteiger partial charge in [-0.05, 0) is 80.2 Å². The second-order valence-electron chi connectivity index (χ2n) is 11.2. The number of carboxylic acid groups (broad SMARTS) is 1. The molecule has 178 valence electrons. The van der Waals surface area contributed by atoms with Crippen molar-refractivity contribution in [3.63, 3.8) is 0 Å². The van der Waals surface area contributed by atoms with Gasteiger partial charge in [-0.15, -0.1) is 0 Å². The van der Waals surface area contributed by atoms with Crippen LogP contribution < -0.4 is 4.74 Å². The second-order valence-corrected chi connectivity index (χ2v) is 11.2. The van der Waals surface area contributed by atoms with E-state index in [1.54, 1.807) is 0 Å². The molecule has 4 bridgehead atoms. The number of benzene rings is 1. The highest BCUT2D eigenvalue weighted by atomic mass is 19.3. The van der Waals surface area contributed by atoms with Crippen molar-refractivity contribution >= 4 is 11.9 Å². The van der Waals surface area contributed by atoms with Gasteiger partial charge in [-0.3, -0.25) is 4.79 Å². The number of carboxylic acids is 1. The lowest BCUT2D eigenvalue weighted by atomic mass is 9.70. The summed E-state index contributed by atoms with van der Waals surface area (Å²) in [6.45, 7) is -0.479. The van der Waals surface area contributed by atoms with Crippen LogP contribution in [0.1, 0.15) is 73.2 Å². The molecular weight excluding hydrogens is 435 g/mol. The highest BCUT2D eigenvalue weighted by Crippen LogP contribution is 2.64. The van der Waals surface area contributed by atoms with Crippen LogP contribution >= 0.6 is 0 Å². The van der Waals surface area contributed by atoms with Crippen LogP contribution in [-0.4, -0.2) is 47.0 Å². The number of ether oxygens (including phenoxy) is 1. The van der Waals surface area contributed by atoms with Gasteiger partial charge in [0.1, 0.15) is 17.6 Å². The van der Waals surface area contributed by atoms with Crippen molar-refractivity contribution in [2.75, 3.05) is 13.2 Å². The summed E-state index contributed by atoms with van der Waals surface area (Å²) in [5.41, 5.74) is 0.536. The molecule has 0 radical (unpaired) electrons. The smallest absolute Gasteiger partial charge is 0.326 e. The molecule has 6 fully saturated rings. The molecule has 6 aliphatic rings. The van der Waals surface area contributed by atoms with Crippen molar-refractivity contribution in [3.8, 4) is 5.75 Å². The fourth-order valence-electron chi connectivity index (χ4n) is 7.37. The molecule has 0 spiro atoms. The molecule has 1 aromatic carbocycles. The van der Waals surface area contributed by atoms with Gasteiger partial charge in [-0.25, -0.2) is 18.0 Å². The van der Waals surface area contributed by atoms with Crippen LogP contribution in [0.15, 0.2) is 12.1 Å². The van der Waals surface area contributed by atoms with E-state index in [-0.39, 0.29) is 16.9 Å². The summed E-state index contributed by atoms with van der Waals surface area (Å²) in [5.74, 6) is -3.71. The maximum Gasteiger partial charge on any atom is 0.326 e. The van der Waals surface area contributed by atoms with E-state index in [0.717, 1.165) is 42.6 Å². The monoisotopic (exact) mass is 463 g/mol. The van der Waals surface area contributed by atoms with Gasteiger partial charge >= 0.3 is 5.97 Å². The fraction of sp³-hybridized carbons (Fsp3) is 0.680. The molecule has 1 N–H and O–H groups in total. The summed E-state index contributed by atoms with van der Waals surface area (Å²) < 4.78 is 49.1. The zero-order valence-electron chi connectivity index (χ0n) is 18.4. The lowest BCUT2D eigenvalue weighted by Crippen LogP contribution is -2.41. The van der Waals surface area contributed by atoms with Crippen molar-refractivity contribution in [1.29, 1.82) is 0 Å². The molecule has 0 aromatic heterocycles. The number of carbonyl (C=O) groups excluding carboxylic acids is 1. The predicted octanol–water partition coefficient (Wildman–Crippen LogP) is 4.84. The first-order valence-electron chi connectivity index (χ1n) is 12.0. The Kier molecular flexibility index (Phi) is 4.60. The van der Waals surface area contributed by atoms with Crippen LogP contribution in [0, 0.1) is 29.0 Å². The highest BCUT2D eigenvalue weighted by Gasteiger charge is 2.56. The number of halogens is 3. The normalized spacial score (nSPS) is 35.9. The Morgan fingerprint density at radius 2 is 1.79 bits per heavy atom. The summed E-state index contributed by atoms with van der Waals surface area (Å²) in [6.07, 6.45) is 7.00. The number of hydrogen-bond acceptors (Lipinski definition) is 3. The summed E-state index contributed by atoms with van der Waals surface area (Å²) in [6, 6.07) is 0.949. The fourth-order valence-corrected chi connectivity index (χ4v) is 7.37. The standard InChI is InChI=1S/C25H28F3NO4/c26-19-6-21(33-12-24-7-13-3-15(8-24)16(4-13)9-24)17(14-1-2-14)5-18(19)22(30)29-11-25(27,28)10-20(29)23(31)32/h5-6,13-16,20H,1-4,7-12H2,(H,31,32)/t13?,15?,16?,20-,24?/m0/s1. The first-order valence-corrected chi connectivity index (χ1v) is 12.0. The number of carbonyl (C=O) groups is 2. The van der Waals surface area contributed by atoms with Gasteiger partial charge in [0.15, 0.2) is 0 Å². The Morgan fingerprint density at radius 3 is 2.39 bits per heavy atom. The third-order valence-corrected chi connectivity index (χ3v) is 8.75. The molecule has 33 heavy (non-hydrogen) atoms. The van der Waals surface area contributed by atoms with E-state index in [4.69, 9.17) is 4.74 Å². The Hall–Kier alpha value is -2.25. The van der Waals surface area contributed by atoms with Crippen molar-refractivity contribution < 1.29 is 32.6 Å². The Labute approximate surface area is 190 Å². The molecular formula is C25H28F3NO4. The summed E-state index contributed by atoms with van der Waals surface area (Å²) in [7, 11) is 0. The quantitative estimate of drug-likeness (QED) is 0.656. The van der Waals surface area contributed by atoms with Crippen molar-refractivity contribution in [3.05, 3.63) is 29.1 Å². The van der Waals surface area contributed by atoms with E-state index in [1.807, 2.05) is 0 Å². The van der Waals surface area contributed by atoms with Gasteiger partial charge < -0.3 is 14.7 Å². The van der Waals surface area contributed by atoms with Gasteiger partial charge in [0, 0.05) is 17.9 Å². The first-order chi connectivity index (χ1) is 15.6. The van der Waals surface area contributed by atoms with Gasteiger partial charge in [0.25, 0.3) is 11.8 Å². The van der Waals surface area contributed by atoms with E-state index in [2.05, 4.69) is 0 Å². The number of likely N-dealkylation sites (tertiary alicyclic amines) is 1. The van der Waals surface area contributed by atoms with Crippen LogP contribution in [-0.2, 0) is 4.79 Å². The average Bonchev–Trinajstić information content (AvgIpc) is 3.42. The summed E-state index contributed by atoms with van der Waals surface area (Å²) in [5, 5.41) is 9.30. The van der Waals surface area contributed by atoms with Gasteiger partial charge in [-0.2, -0.15) is 0 Å². The predicted molar refractivity (Wildman–Crippen MR) is 112 cm³/mol. The molecule has 1 amide bonds. The summed E-state index contributed by atoms with van der Waals surface area (Å²) in [4.78, 5) is 25.0. The van der Waals surface area contributed by atoms with E-state index in [1.165, 1.54) is 37.8 Å². The van der Waals surface area contributed by atoms with Crippen molar-refractivity contribution in [1.82, 2.24) is 4.90 Å². The molecule has 1 saturated heterocycles. The van der Waals surface area contributed by atoms with Crippen LogP contribution in [0.25, 0.3) is 0 Å². The zero-order chi connectivity index (χ0) is 23.1. The molecule has 5 aliphatic carbocycles. The average molecular weight is 463 g/mol. The lowest BCUT2D eigenvalue weighted by Gasteiger charge is -2.38. The Balaban J connectivity index is 1.25. The number of aliphatic carboxylic acids is 1. The third-order valence-electron chi connectivity index (χ3n) is 8.75. The molecule has 3 atom stereocenters. The van der Waals surface area contributed by atoms with Gasteiger partial charge in [0.2, 0.25) is 0 Å². The maximum absolute atomic E-state index is 15.1. The van der Waals surface area contributed by atoms with E-state index in [0.29, 0.717) is 17.3 Å². The number of alkyl halides is 2. The van der Waals surface area contributed by atoms with Gasteiger partial charge in [0.05, 0.1) is 18.7 Å². The van der Waals surface area contributed by atoms with Crippen molar-refractivity contribution in [2.24, 2.45) is 23.2 Å². The van der Waals surface area contributed by atoms with Crippen molar-refractivity contribution in [2.45, 2.75) is 69.2 Å². The molecule has 7 rings (SSSR count). The molecule has 5 nitrogen and oxygen atoms in total. The molecule has 5 saturated carbocycles. The molecule has 8 heteroatoms. The summed E-state index contributed by atoms with van der Waals surface area (Å²) >= 11 is 0. The minimum atomic E-state index is -3.31. The number of amides is 1. The van der Waals surface area contributed by atoms with E-state index >= 15 is 4.39 Å². The third kappa shape index (κ3) is 3.60. The number of nitrogens with zero attached hydrogens (tertiary/aromatic N) is 1. The number of rotatable bonds is 6. The zero-order valence-corrected chi connectivity index (χ0v) is 18.4. The molecule has 1 aromatic rings. The second kappa shape index (κ2) is 7.12. The van der Waals surface area contributed by atoms with Crippen LogP contribution in [0.2, 0.25) is 0 Å².